The molecular formula is C10H21N4O6P. The Morgan fingerprint density at radius 1 is 1.05 bits per heavy atom. The fourth-order valence-electron chi connectivity index (χ4n) is 1.26. The molecule has 2 atom stereocenters. The number of hydrogen-bond donors (Lipinski definition) is 6. The van der Waals surface area contributed by atoms with Crippen molar-refractivity contribution in [3.05, 3.63) is 0 Å². The van der Waals surface area contributed by atoms with Gasteiger partial charge in [-0.15, -0.1) is 0 Å². The third-order valence-corrected chi connectivity index (χ3v) is 2.89. The molecule has 21 heavy (non-hydrogen) atoms. The van der Waals surface area contributed by atoms with Gasteiger partial charge in [-0.2, -0.15) is 0 Å². The van der Waals surface area contributed by atoms with Gasteiger partial charge in [0.15, 0.2) is 0 Å². The van der Waals surface area contributed by atoms with Crippen molar-refractivity contribution < 1.29 is 28.7 Å². The van der Waals surface area contributed by atoms with E-state index in [9.17, 15) is 18.9 Å². The van der Waals surface area contributed by atoms with Crippen LogP contribution >= 0.6 is 7.60 Å². The van der Waals surface area contributed by atoms with Gasteiger partial charge >= 0.3 is 7.60 Å². The van der Waals surface area contributed by atoms with Crippen molar-refractivity contribution in [3.63, 3.8) is 0 Å². The van der Waals surface area contributed by atoms with Crippen molar-refractivity contribution in [2.75, 3.05) is 19.9 Å². The molecule has 0 bridgehead atoms. The summed E-state index contributed by atoms with van der Waals surface area (Å²) in [5.41, 5.74) is 0. The molecule has 0 saturated carbocycles. The molecule has 0 unspecified atom stereocenters. The first-order valence-electron chi connectivity index (χ1n) is 6.13. The second-order valence-electron chi connectivity index (χ2n) is 4.41. The Balaban J connectivity index is 4.27. The SMILES string of the molecule is CNCC(=O)N[C@@H](C)C(=O)N[C@@H](C)C(=O)NCP(=O)(O)O. The van der Waals surface area contributed by atoms with Crippen LogP contribution < -0.4 is 21.3 Å². The van der Waals surface area contributed by atoms with E-state index in [2.05, 4.69) is 16.0 Å². The summed E-state index contributed by atoms with van der Waals surface area (Å²) in [5.74, 6) is -1.70. The summed E-state index contributed by atoms with van der Waals surface area (Å²) in [6.07, 6.45) is -0.805. The predicted molar refractivity (Wildman–Crippen MR) is 74.2 cm³/mol. The van der Waals surface area contributed by atoms with Gasteiger partial charge in [0.2, 0.25) is 17.7 Å². The number of amides is 3. The minimum atomic E-state index is -4.35. The zero-order valence-electron chi connectivity index (χ0n) is 12.0. The lowest BCUT2D eigenvalue weighted by Crippen LogP contribution is -2.52. The van der Waals surface area contributed by atoms with E-state index in [0.29, 0.717) is 0 Å². The number of rotatable bonds is 8. The van der Waals surface area contributed by atoms with Crippen LogP contribution in [0.4, 0.5) is 0 Å². The first-order chi connectivity index (χ1) is 9.56. The number of nitrogens with one attached hydrogen (secondary N) is 4. The van der Waals surface area contributed by atoms with Crippen molar-refractivity contribution in [1.29, 1.82) is 0 Å². The topological polar surface area (TPSA) is 157 Å². The van der Waals surface area contributed by atoms with E-state index in [1.807, 2.05) is 5.32 Å². The average Bonchev–Trinajstić information content (AvgIpc) is 2.34. The zero-order valence-corrected chi connectivity index (χ0v) is 12.9. The molecule has 0 radical (unpaired) electrons. The van der Waals surface area contributed by atoms with Gasteiger partial charge in [-0.05, 0) is 20.9 Å². The molecule has 0 rings (SSSR count). The van der Waals surface area contributed by atoms with Gasteiger partial charge in [-0.25, -0.2) is 0 Å². The quantitative estimate of drug-likeness (QED) is 0.269. The summed E-state index contributed by atoms with van der Waals surface area (Å²) in [6.45, 7) is 2.86. The van der Waals surface area contributed by atoms with Gasteiger partial charge in [-0.3, -0.25) is 18.9 Å². The van der Waals surface area contributed by atoms with Crippen LogP contribution in [0.15, 0.2) is 0 Å². The molecule has 0 saturated heterocycles. The Bertz CT molecular complexity index is 437. The predicted octanol–water partition coefficient (Wildman–Crippen LogP) is -2.53. The fourth-order valence-corrected chi connectivity index (χ4v) is 1.62. The van der Waals surface area contributed by atoms with Crippen molar-refractivity contribution in [2.24, 2.45) is 0 Å². The lowest BCUT2D eigenvalue weighted by molar-refractivity contribution is -0.131. The smallest absolute Gasteiger partial charge is 0.343 e. The van der Waals surface area contributed by atoms with E-state index in [1.54, 1.807) is 7.05 Å². The number of carbonyl (C=O) groups excluding carboxylic acids is 3. The molecular weight excluding hydrogens is 303 g/mol. The Morgan fingerprint density at radius 2 is 1.57 bits per heavy atom. The number of likely N-dealkylation sites (N-methyl/N-ethyl adjacent to an activating group) is 1. The monoisotopic (exact) mass is 324 g/mol. The third kappa shape index (κ3) is 9.14. The molecule has 0 aromatic heterocycles. The molecule has 0 aromatic rings. The zero-order chi connectivity index (χ0) is 16.6. The van der Waals surface area contributed by atoms with Crippen molar-refractivity contribution in [2.45, 2.75) is 25.9 Å². The van der Waals surface area contributed by atoms with E-state index in [-0.39, 0.29) is 12.5 Å². The average molecular weight is 324 g/mol. The standard InChI is InChI=1S/C10H21N4O6P/c1-6(9(16)12-5-21(18,19)20)14-10(17)7(2)13-8(15)4-11-3/h6-7,11H,4-5H2,1-3H3,(H,12,16)(H,13,15)(H,14,17)(H2,18,19,20)/t6-,7-/m0/s1. The summed E-state index contributed by atoms with van der Waals surface area (Å²) < 4.78 is 10.6. The van der Waals surface area contributed by atoms with Gasteiger partial charge in [0, 0.05) is 0 Å². The van der Waals surface area contributed by atoms with Crippen molar-refractivity contribution >= 4 is 25.3 Å². The third-order valence-electron chi connectivity index (χ3n) is 2.32. The maximum Gasteiger partial charge on any atom is 0.344 e. The van der Waals surface area contributed by atoms with E-state index in [4.69, 9.17) is 9.79 Å². The molecule has 6 N–H and O–H groups in total. The highest BCUT2D eigenvalue weighted by atomic mass is 31.2. The lowest BCUT2D eigenvalue weighted by Gasteiger charge is -2.18. The van der Waals surface area contributed by atoms with E-state index in [1.165, 1.54) is 13.8 Å². The molecule has 0 aliphatic heterocycles. The second-order valence-corrected chi connectivity index (χ2v) is 6.06. The highest BCUT2D eigenvalue weighted by Gasteiger charge is 2.22. The molecule has 0 aromatic carbocycles. The van der Waals surface area contributed by atoms with Crippen LogP contribution in [-0.2, 0) is 18.9 Å². The summed E-state index contributed by atoms with van der Waals surface area (Å²) in [5, 5.41) is 9.37. The maximum absolute atomic E-state index is 11.7. The van der Waals surface area contributed by atoms with Gasteiger partial charge in [0.05, 0.1) is 6.54 Å². The number of carbonyl (C=O) groups is 3. The van der Waals surface area contributed by atoms with Crippen LogP contribution in [0, 0.1) is 0 Å². The van der Waals surface area contributed by atoms with Gasteiger partial charge < -0.3 is 31.1 Å². The molecule has 0 aliphatic rings. The van der Waals surface area contributed by atoms with Crippen LogP contribution in [0.5, 0.6) is 0 Å². The van der Waals surface area contributed by atoms with E-state index < -0.39 is 37.8 Å². The van der Waals surface area contributed by atoms with E-state index >= 15 is 0 Å². The molecule has 0 heterocycles. The highest BCUT2D eigenvalue weighted by Crippen LogP contribution is 2.31. The summed E-state index contributed by atoms with van der Waals surface area (Å²) in [6, 6.07) is -1.84. The molecule has 0 spiro atoms. The molecule has 0 fully saturated rings. The van der Waals surface area contributed by atoms with Crippen molar-refractivity contribution in [1.82, 2.24) is 21.3 Å². The minimum absolute atomic E-state index is 0.0515. The second kappa shape index (κ2) is 8.73. The van der Waals surface area contributed by atoms with Crippen LogP contribution in [0.25, 0.3) is 0 Å². The minimum Gasteiger partial charge on any atom is -0.343 e. The first kappa shape index (κ1) is 19.5. The van der Waals surface area contributed by atoms with Crippen LogP contribution in [0.2, 0.25) is 0 Å². The molecule has 10 nitrogen and oxygen atoms in total. The van der Waals surface area contributed by atoms with Gasteiger partial charge in [-0.1, -0.05) is 0 Å². The van der Waals surface area contributed by atoms with E-state index in [0.717, 1.165) is 0 Å². The molecule has 11 heteroatoms. The first-order valence-corrected chi connectivity index (χ1v) is 7.93. The lowest BCUT2D eigenvalue weighted by atomic mass is 10.2. The Hall–Kier alpha value is -1.48. The largest absolute Gasteiger partial charge is 0.344 e. The number of hydrogen-bond acceptors (Lipinski definition) is 5. The maximum atomic E-state index is 11.7. The highest BCUT2D eigenvalue weighted by molar-refractivity contribution is 7.51. The summed E-state index contributed by atoms with van der Waals surface area (Å²) in [7, 11) is -2.77. The van der Waals surface area contributed by atoms with Crippen molar-refractivity contribution in [3.8, 4) is 0 Å². The molecule has 122 valence electrons. The van der Waals surface area contributed by atoms with Crippen LogP contribution in [0.3, 0.4) is 0 Å². The van der Waals surface area contributed by atoms with Gasteiger partial charge in [0.1, 0.15) is 18.4 Å². The molecule has 0 aliphatic carbocycles. The fraction of sp³-hybridized carbons (Fsp3) is 0.700. The summed E-state index contributed by atoms with van der Waals surface area (Å²) in [4.78, 5) is 51.7. The van der Waals surface area contributed by atoms with Crippen LogP contribution in [0.1, 0.15) is 13.8 Å². The van der Waals surface area contributed by atoms with Crippen LogP contribution in [-0.4, -0.2) is 59.5 Å². The molecule has 3 amide bonds. The Kier molecular flexibility index (Phi) is 8.11. The normalized spacial score (nSPS) is 14.0. The Labute approximate surface area is 122 Å². The van der Waals surface area contributed by atoms with Gasteiger partial charge in [0.25, 0.3) is 0 Å². The summed E-state index contributed by atoms with van der Waals surface area (Å²) >= 11 is 0. The Morgan fingerprint density at radius 3 is 2.05 bits per heavy atom.